The molecule has 2 fully saturated rings. The Morgan fingerprint density at radius 2 is 1.35 bits per heavy atom. The molecule has 2 saturated carbocycles. The summed E-state index contributed by atoms with van der Waals surface area (Å²) in [7, 11) is 0. The monoisotopic (exact) mass is 365 g/mol. The van der Waals surface area contributed by atoms with Crippen molar-refractivity contribution in [2.45, 2.75) is 97.1 Å². The van der Waals surface area contributed by atoms with Crippen molar-refractivity contribution in [1.82, 2.24) is 16.0 Å². The summed E-state index contributed by atoms with van der Waals surface area (Å²) in [5.74, 6) is 2.01. The van der Waals surface area contributed by atoms with Crippen LogP contribution in [0.2, 0.25) is 0 Å². The molecule has 5 nitrogen and oxygen atoms in total. The summed E-state index contributed by atoms with van der Waals surface area (Å²) in [6, 6.07) is 0.725. The third-order valence-electron chi connectivity index (χ3n) is 6.44. The van der Waals surface area contributed by atoms with E-state index in [2.05, 4.69) is 22.9 Å². The average Bonchev–Trinajstić information content (AvgIpc) is 2.64. The van der Waals surface area contributed by atoms with Crippen molar-refractivity contribution in [3.05, 3.63) is 0 Å². The SMILES string of the molecule is CCNC(=O)NC1CCC(CC2CCC(NC(=O)C(C)CC)CC2)CC1. The molecule has 0 aromatic carbocycles. The summed E-state index contributed by atoms with van der Waals surface area (Å²) in [6.45, 7) is 6.71. The maximum Gasteiger partial charge on any atom is 0.314 e. The minimum Gasteiger partial charge on any atom is -0.353 e. The third kappa shape index (κ3) is 6.81. The van der Waals surface area contributed by atoms with Gasteiger partial charge in [0, 0.05) is 24.5 Å². The van der Waals surface area contributed by atoms with Gasteiger partial charge in [0.25, 0.3) is 0 Å². The largest absolute Gasteiger partial charge is 0.353 e. The fourth-order valence-corrected chi connectivity index (χ4v) is 4.48. The van der Waals surface area contributed by atoms with E-state index in [0.29, 0.717) is 18.6 Å². The van der Waals surface area contributed by atoms with Crippen LogP contribution in [-0.4, -0.2) is 30.6 Å². The fraction of sp³-hybridized carbons (Fsp3) is 0.905. The first-order chi connectivity index (χ1) is 12.5. The number of urea groups is 1. The highest BCUT2D eigenvalue weighted by atomic mass is 16.2. The number of hydrogen-bond donors (Lipinski definition) is 3. The van der Waals surface area contributed by atoms with Gasteiger partial charge in [-0.05, 0) is 83.0 Å². The van der Waals surface area contributed by atoms with Crippen LogP contribution in [0, 0.1) is 17.8 Å². The lowest BCUT2D eigenvalue weighted by Crippen LogP contribution is -2.43. The van der Waals surface area contributed by atoms with Crippen LogP contribution in [0.5, 0.6) is 0 Å². The van der Waals surface area contributed by atoms with Crippen LogP contribution in [0.3, 0.4) is 0 Å². The van der Waals surface area contributed by atoms with Crippen LogP contribution in [0.15, 0.2) is 0 Å². The van der Waals surface area contributed by atoms with Crippen LogP contribution in [0.1, 0.15) is 85.0 Å². The standard InChI is InChI=1S/C21H39N3O2/c1-4-15(3)20(25)23-18-10-6-16(7-11-18)14-17-8-12-19(13-9-17)24-21(26)22-5-2/h15-19H,4-14H2,1-3H3,(H,23,25)(H2,22,24,26). The fourth-order valence-electron chi connectivity index (χ4n) is 4.48. The van der Waals surface area contributed by atoms with Crippen LogP contribution in [0.4, 0.5) is 4.79 Å². The second-order valence-electron chi connectivity index (χ2n) is 8.49. The summed E-state index contributed by atoms with van der Waals surface area (Å²) in [5, 5.41) is 9.15. The number of hydrogen-bond acceptors (Lipinski definition) is 2. The Kier molecular flexibility index (Phi) is 8.73. The molecule has 2 rings (SSSR count). The molecule has 0 aliphatic heterocycles. The normalized spacial score (nSPS) is 30.3. The number of carbonyl (C=O) groups excluding carboxylic acids is 2. The lowest BCUT2D eigenvalue weighted by Gasteiger charge is -2.34. The van der Waals surface area contributed by atoms with Gasteiger partial charge in [0.1, 0.15) is 0 Å². The molecule has 0 aromatic rings. The Hall–Kier alpha value is -1.26. The molecule has 0 bridgehead atoms. The molecular formula is C21H39N3O2. The summed E-state index contributed by atoms with van der Waals surface area (Å²) in [6.07, 6.45) is 11.7. The topological polar surface area (TPSA) is 70.2 Å². The van der Waals surface area contributed by atoms with E-state index in [4.69, 9.17) is 0 Å². The number of nitrogens with one attached hydrogen (secondary N) is 3. The Morgan fingerprint density at radius 3 is 1.81 bits per heavy atom. The van der Waals surface area contributed by atoms with E-state index in [1.807, 2.05) is 13.8 Å². The maximum atomic E-state index is 12.0. The third-order valence-corrected chi connectivity index (χ3v) is 6.44. The van der Waals surface area contributed by atoms with E-state index in [-0.39, 0.29) is 17.9 Å². The van der Waals surface area contributed by atoms with Gasteiger partial charge in [-0.3, -0.25) is 4.79 Å². The zero-order valence-electron chi connectivity index (χ0n) is 17.0. The predicted molar refractivity (Wildman–Crippen MR) is 106 cm³/mol. The van der Waals surface area contributed by atoms with Crippen LogP contribution in [-0.2, 0) is 4.79 Å². The van der Waals surface area contributed by atoms with Gasteiger partial charge in [-0.2, -0.15) is 0 Å². The zero-order chi connectivity index (χ0) is 18.9. The molecule has 2 aliphatic carbocycles. The molecule has 0 aromatic heterocycles. The summed E-state index contributed by atoms with van der Waals surface area (Å²) < 4.78 is 0. The first-order valence-electron chi connectivity index (χ1n) is 10.9. The van der Waals surface area contributed by atoms with Crippen molar-refractivity contribution in [3.8, 4) is 0 Å². The van der Waals surface area contributed by atoms with Crippen molar-refractivity contribution in [2.75, 3.05) is 6.54 Å². The van der Waals surface area contributed by atoms with Crippen molar-refractivity contribution >= 4 is 11.9 Å². The van der Waals surface area contributed by atoms with Gasteiger partial charge in [-0.1, -0.05) is 13.8 Å². The molecule has 0 heterocycles. The highest BCUT2D eigenvalue weighted by molar-refractivity contribution is 5.78. The Labute approximate surface area is 159 Å². The average molecular weight is 366 g/mol. The van der Waals surface area contributed by atoms with Crippen molar-refractivity contribution in [3.63, 3.8) is 0 Å². The Balaban J connectivity index is 1.61. The molecule has 1 unspecified atom stereocenters. The lowest BCUT2D eigenvalue weighted by molar-refractivity contribution is -0.125. The Bertz CT molecular complexity index is 439. The van der Waals surface area contributed by atoms with Crippen LogP contribution < -0.4 is 16.0 Å². The summed E-state index contributed by atoms with van der Waals surface area (Å²) in [4.78, 5) is 23.7. The van der Waals surface area contributed by atoms with E-state index in [9.17, 15) is 9.59 Å². The molecule has 26 heavy (non-hydrogen) atoms. The van der Waals surface area contributed by atoms with Gasteiger partial charge in [0.15, 0.2) is 0 Å². The molecule has 3 N–H and O–H groups in total. The van der Waals surface area contributed by atoms with Crippen LogP contribution >= 0.6 is 0 Å². The van der Waals surface area contributed by atoms with Gasteiger partial charge >= 0.3 is 6.03 Å². The highest BCUT2D eigenvalue weighted by Gasteiger charge is 2.28. The Morgan fingerprint density at radius 1 is 0.846 bits per heavy atom. The van der Waals surface area contributed by atoms with E-state index >= 15 is 0 Å². The summed E-state index contributed by atoms with van der Waals surface area (Å²) >= 11 is 0. The van der Waals surface area contributed by atoms with E-state index in [1.165, 1.54) is 32.1 Å². The second-order valence-corrected chi connectivity index (χ2v) is 8.49. The summed E-state index contributed by atoms with van der Waals surface area (Å²) in [5.41, 5.74) is 0. The molecule has 5 heteroatoms. The van der Waals surface area contributed by atoms with Crippen molar-refractivity contribution < 1.29 is 9.59 Å². The first kappa shape index (κ1) is 21.0. The van der Waals surface area contributed by atoms with Crippen molar-refractivity contribution in [1.29, 1.82) is 0 Å². The number of rotatable bonds is 7. The predicted octanol–water partition coefficient (Wildman–Crippen LogP) is 3.98. The lowest BCUT2D eigenvalue weighted by atomic mass is 9.75. The minimum atomic E-state index is -0.0197. The molecule has 150 valence electrons. The van der Waals surface area contributed by atoms with Gasteiger partial charge < -0.3 is 16.0 Å². The molecule has 0 saturated heterocycles. The maximum absolute atomic E-state index is 12.0. The molecule has 0 radical (unpaired) electrons. The minimum absolute atomic E-state index is 0.0197. The molecular weight excluding hydrogens is 326 g/mol. The van der Waals surface area contributed by atoms with Gasteiger partial charge in [0.05, 0.1) is 0 Å². The van der Waals surface area contributed by atoms with Gasteiger partial charge in [-0.25, -0.2) is 4.79 Å². The first-order valence-corrected chi connectivity index (χ1v) is 10.9. The van der Waals surface area contributed by atoms with Crippen LogP contribution in [0.25, 0.3) is 0 Å². The zero-order valence-corrected chi connectivity index (χ0v) is 17.0. The number of amides is 3. The molecule has 0 spiro atoms. The highest BCUT2D eigenvalue weighted by Crippen LogP contribution is 2.35. The molecule has 1 atom stereocenters. The quantitative estimate of drug-likeness (QED) is 0.639. The smallest absolute Gasteiger partial charge is 0.314 e. The second kappa shape index (κ2) is 10.8. The van der Waals surface area contributed by atoms with E-state index in [1.54, 1.807) is 0 Å². The molecule has 2 aliphatic rings. The number of carbonyl (C=O) groups is 2. The molecule has 3 amide bonds. The van der Waals surface area contributed by atoms with E-state index in [0.717, 1.165) is 43.9 Å². The van der Waals surface area contributed by atoms with Gasteiger partial charge in [-0.15, -0.1) is 0 Å². The van der Waals surface area contributed by atoms with E-state index < -0.39 is 0 Å². The van der Waals surface area contributed by atoms with Crippen molar-refractivity contribution in [2.24, 2.45) is 17.8 Å². The van der Waals surface area contributed by atoms with Gasteiger partial charge in [0.2, 0.25) is 5.91 Å².